The predicted octanol–water partition coefficient (Wildman–Crippen LogP) is 4.14. The normalized spacial score (nSPS) is 11.9. The van der Waals surface area contributed by atoms with Crippen LogP contribution in [-0.2, 0) is 26.2 Å². The molecule has 0 aliphatic rings. The second-order valence-corrected chi connectivity index (χ2v) is 10.7. The number of aryl methyl sites for hydroxylation is 1. The highest BCUT2D eigenvalue weighted by Crippen LogP contribution is 2.26. The van der Waals surface area contributed by atoms with Gasteiger partial charge in [-0.25, -0.2) is 8.42 Å². The molecule has 202 valence electrons. The van der Waals surface area contributed by atoms with Crippen molar-refractivity contribution >= 4 is 27.5 Å². The lowest BCUT2D eigenvalue weighted by Gasteiger charge is -2.33. The van der Waals surface area contributed by atoms with Gasteiger partial charge >= 0.3 is 0 Å². The van der Waals surface area contributed by atoms with Crippen LogP contribution in [0.3, 0.4) is 0 Å². The zero-order valence-electron chi connectivity index (χ0n) is 22.3. The van der Waals surface area contributed by atoms with Gasteiger partial charge in [-0.1, -0.05) is 55.0 Å². The molecule has 2 amide bonds. The van der Waals surface area contributed by atoms with Crippen LogP contribution in [0.1, 0.15) is 31.4 Å². The van der Waals surface area contributed by atoms with Crippen molar-refractivity contribution in [3.05, 3.63) is 90.0 Å². The number of ether oxygens (including phenoxy) is 1. The number of likely N-dealkylation sites (N-methyl/N-ethyl adjacent to an activating group) is 1. The van der Waals surface area contributed by atoms with Gasteiger partial charge in [0.25, 0.3) is 10.0 Å². The number of hydrogen-bond acceptors (Lipinski definition) is 5. The fourth-order valence-electron chi connectivity index (χ4n) is 4.10. The van der Waals surface area contributed by atoms with E-state index in [1.54, 1.807) is 42.5 Å². The van der Waals surface area contributed by atoms with Crippen LogP contribution in [-0.4, -0.2) is 51.4 Å². The molecule has 0 saturated carbocycles. The van der Waals surface area contributed by atoms with Gasteiger partial charge in [0.1, 0.15) is 18.3 Å². The van der Waals surface area contributed by atoms with Crippen molar-refractivity contribution < 1.29 is 22.7 Å². The number of rotatable bonds is 12. The van der Waals surface area contributed by atoms with E-state index in [9.17, 15) is 18.0 Å². The first-order valence-electron chi connectivity index (χ1n) is 12.6. The number of nitrogens with one attached hydrogen (secondary N) is 1. The van der Waals surface area contributed by atoms with E-state index >= 15 is 0 Å². The summed E-state index contributed by atoms with van der Waals surface area (Å²) in [5, 5.41) is 2.80. The Balaban J connectivity index is 2.04. The Hall–Kier alpha value is -3.85. The summed E-state index contributed by atoms with van der Waals surface area (Å²) in [7, 11) is -2.58. The standard InChI is InChI=1S/C29H35N3O5S/c1-5-27(29(34)30-6-2)31(20-23-14-12-22(3)13-15-23)28(33)21-32(24-16-18-25(37-4)19-17-24)38(35,36)26-10-8-7-9-11-26/h7-19,27H,5-6,20-21H2,1-4H3,(H,30,34)/t27-/m0/s1. The van der Waals surface area contributed by atoms with Gasteiger partial charge in [0.2, 0.25) is 11.8 Å². The summed E-state index contributed by atoms with van der Waals surface area (Å²) < 4.78 is 33.8. The van der Waals surface area contributed by atoms with E-state index in [-0.39, 0.29) is 17.3 Å². The van der Waals surface area contributed by atoms with Crippen molar-refractivity contribution in [1.82, 2.24) is 10.2 Å². The number of amides is 2. The second-order valence-electron chi connectivity index (χ2n) is 8.85. The highest BCUT2D eigenvalue weighted by atomic mass is 32.2. The van der Waals surface area contributed by atoms with Gasteiger partial charge in [-0.05, 0) is 62.2 Å². The Bertz CT molecular complexity index is 1310. The second kappa shape index (κ2) is 13.1. The third kappa shape index (κ3) is 6.92. The molecule has 38 heavy (non-hydrogen) atoms. The predicted molar refractivity (Wildman–Crippen MR) is 148 cm³/mol. The number of methoxy groups -OCH3 is 1. The first-order chi connectivity index (χ1) is 18.2. The van der Waals surface area contributed by atoms with Crippen molar-refractivity contribution in [3.8, 4) is 5.75 Å². The number of carbonyl (C=O) groups excluding carboxylic acids is 2. The smallest absolute Gasteiger partial charge is 0.264 e. The van der Waals surface area contributed by atoms with E-state index in [0.717, 1.165) is 15.4 Å². The molecule has 0 saturated heterocycles. The zero-order chi connectivity index (χ0) is 27.7. The molecule has 0 bridgehead atoms. The third-order valence-corrected chi connectivity index (χ3v) is 7.97. The van der Waals surface area contributed by atoms with Gasteiger partial charge in [0, 0.05) is 13.1 Å². The molecular formula is C29H35N3O5S. The van der Waals surface area contributed by atoms with E-state index in [2.05, 4.69) is 5.32 Å². The molecule has 8 nitrogen and oxygen atoms in total. The first-order valence-corrected chi connectivity index (χ1v) is 14.0. The van der Waals surface area contributed by atoms with Gasteiger partial charge in [-0.15, -0.1) is 0 Å². The minimum atomic E-state index is -4.10. The van der Waals surface area contributed by atoms with Crippen molar-refractivity contribution in [3.63, 3.8) is 0 Å². The molecule has 9 heteroatoms. The van der Waals surface area contributed by atoms with Crippen molar-refractivity contribution in [1.29, 1.82) is 0 Å². The molecule has 0 unspecified atom stereocenters. The molecule has 0 spiro atoms. The van der Waals surface area contributed by atoms with Crippen LogP contribution in [0.25, 0.3) is 0 Å². The molecule has 0 aliphatic carbocycles. The van der Waals surface area contributed by atoms with Gasteiger partial charge in [0.05, 0.1) is 17.7 Å². The fraction of sp³-hybridized carbons (Fsp3) is 0.310. The average molecular weight is 538 g/mol. The van der Waals surface area contributed by atoms with Crippen LogP contribution in [0.5, 0.6) is 5.75 Å². The largest absolute Gasteiger partial charge is 0.497 e. The summed E-state index contributed by atoms with van der Waals surface area (Å²) in [6.45, 7) is 5.72. The van der Waals surface area contributed by atoms with Crippen LogP contribution in [0.15, 0.2) is 83.8 Å². The highest BCUT2D eigenvalue weighted by Gasteiger charge is 2.33. The molecule has 0 radical (unpaired) electrons. The topological polar surface area (TPSA) is 96.0 Å². The summed E-state index contributed by atoms with van der Waals surface area (Å²) in [5.41, 5.74) is 2.22. The highest BCUT2D eigenvalue weighted by molar-refractivity contribution is 7.92. The summed E-state index contributed by atoms with van der Waals surface area (Å²) in [5.74, 6) is -0.211. The summed E-state index contributed by atoms with van der Waals surface area (Å²) in [4.78, 5) is 28.4. The SMILES string of the molecule is CCNC(=O)[C@H](CC)N(Cc1ccc(C)cc1)C(=O)CN(c1ccc(OC)cc1)S(=O)(=O)c1ccccc1. The molecular weight excluding hydrogens is 502 g/mol. The lowest BCUT2D eigenvalue weighted by molar-refractivity contribution is -0.140. The van der Waals surface area contributed by atoms with Gasteiger partial charge in [0.15, 0.2) is 0 Å². The molecule has 3 rings (SSSR count). The maximum Gasteiger partial charge on any atom is 0.264 e. The Morgan fingerprint density at radius 1 is 0.921 bits per heavy atom. The van der Waals surface area contributed by atoms with Crippen LogP contribution in [0.2, 0.25) is 0 Å². The zero-order valence-corrected chi connectivity index (χ0v) is 23.1. The maximum atomic E-state index is 13.9. The summed E-state index contributed by atoms with van der Waals surface area (Å²) in [6.07, 6.45) is 0.372. The number of nitrogens with zero attached hydrogens (tertiary/aromatic N) is 2. The molecule has 0 heterocycles. The number of anilines is 1. The molecule has 0 fully saturated rings. The lowest BCUT2D eigenvalue weighted by Crippen LogP contribution is -2.52. The first kappa shape index (κ1) is 28.7. The van der Waals surface area contributed by atoms with E-state index in [1.807, 2.05) is 45.0 Å². The molecule has 1 N–H and O–H groups in total. The molecule has 1 atom stereocenters. The Morgan fingerprint density at radius 3 is 2.11 bits per heavy atom. The molecule has 0 aliphatic heterocycles. The average Bonchev–Trinajstić information content (AvgIpc) is 2.93. The van der Waals surface area contributed by atoms with Crippen molar-refractivity contribution in [2.24, 2.45) is 0 Å². The van der Waals surface area contributed by atoms with E-state index in [4.69, 9.17) is 4.74 Å². The Labute approximate surface area is 225 Å². The van der Waals surface area contributed by atoms with Gasteiger partial charge in [-0.3, -0.25) is 13.9 Å². The molecule has 3 aromatic rings. The van der Waals surface area contributed by atoms with Crippen LogP contribution < -0.4 is 14.4 Å². The van der Waals surface area contributed by atoms with Crippen molar-refractivity contribution in [2.45, 2.75) is 44.7 Å². The van der Waals surface area contributed by atoms with E-state index < -0.39 is 28.5 Å². The summed E-state index contributed by atoms with van der Waals surface area (Å²) in [6, 6.07) is 21.4. The monoisotopic (exact) mass is 537 g/mol. The number of benzene rings is 3. The third-order valence-electron chi connectivity index (χ3n) is 6.18. The van der Waals surface area contributed by atoms with E-state index in [0.29, 0.717) is 24.4 Å². The number of hydrogen-bond donors (Lipinski definition) is 1. The molecule has 0 aromatic heterocycles. The number of carbonyl (C=O) groups is 2. The van der Waals surface area contributed by atoms with Crippen LogP contribution in [0, 0.1) is 6.92 Å². The van der Waals surface area contributed by atoms with Gasteiger partial charge < -0.3 is 15.0 Å². The molecule has 3 aromatic carbocycles. The van der Waals surface area contributed by atoms with Crippen LogP contribution in [0.4, 0.5) is 5.69 Å². The minimum absolute atomic E-state index is 0.0597. The van der Waals surface area contributed by atoms with E-state index in [1.165, 1.54) is 24.1 Å². The summed E-state index contributed by atoms with van der Waals surface area (Å²) >= 11 is 0. The lowest BCUT2D eigenvalue weighted by atomic mass is 10.1. The fourth-order valence-corrected chi connectivity index (χ4v) is 5.53. The minimum Gasteiger partial charge on any atom is -0.497 e. The Kier molecular flexibility index (Phi) is 9.90. The quantitative estimate of drug-likeness (QED) is 0.375. The van der Waals surface area contributed by atoms with Crippen molar-refractivity contribution in [2.75, 3.05) is 24.5 Å². The Morgan fingerprint density at radius 2 is 1.55 bits per heavy atom. The number of sulfonamides is 1. The van der Waals surface area contributed by atoms with Crippen LogP contribution >= 0.6 is 0 Å². The van der Waals surface area contributed by atoms with Gasteiger partial charge in [-0.2, -0.15) is 0 Å². The maximum absolute atomic E-state index is 13.9.